The molecule has 5 nitrogen and oxygen atoms in total. The maximum Gasteiger partial charge on any atom is 0.254 e. The van der Waals surface area contributed by atoms with Gasteiger partial charge >= 0.3 is 0 Å². The van der Waals surface area contributed by atoms with E-state index in [1.54, 1.807) is 24.5 Å². The molecule has 2 N–H and O–H groups in total. The van der Waals surface area contributed by atoms with Gasteiger partial charge in [0.25, 0.3) is 5.91 Å². The van der Waals surface area contributed by atoms with Crippen molar-refractivity contribution in [1.82, 2.24) is 9.88 Å². The number of hydrogen-bond acceptors (Lipinski definition) is 4. The Hall–Kier alpha value is -2.84. The van der Waals surface area contributed by atoms with Crippen molar-refractivity contribution in [2.24, 2.45) is 5.92 Å². The van der Waals surface area contributed by atoms with Crippen molar-refractivity contribution in [3.05, 3.63) is 59.4 Å². The molecule has 3 heterocycles. The molecule has 2 aliphatic rings. The number of unbranched alkanes of at least 4 members (excludes halogenated alkanes) is 1. The van der Waals surface area contributed by atoms with Crippen LogP contribution in [0.2, 0.25) is 0 Å². The van der Waals surface area contributed by atoms with Crippen molar-refractivity contribution in [3.63, 3.8) is 0 Å². The Balaban J connectivity index is 1.72. The minimum atomic E-state index is -0.0537. The van der Waals surface area contributed by atoms with Crippen molar-refractivity contribution in [2.45, 2.75) is 38.3 Å². The van der Waals surface area contributed by atoms with E-state index in [-0.39, 0.29) is 30.5 Å². The summed E-state index contributed by atoms with van der Waals surface area (Å²) in [5.41, 5.74) is 3.70. The van der Waals surface area contributed by atoms with Gasteiger partial charge in [-0.1, -0.05) is 18.8 Å². The van der Waals surface area contributed by atoms with Gasteiger partial charge in [0.2, 0.25) is 0 Å². The molecule has 0 bridgehead atoms. The number of nitrogens with zero attached hydrogens (tertiary/aromatic N) is 2. The Morgan fingerprint density at radius 1 is 1.32 bits per heavy atom. The fraction of sp³-hybridized carbons (Fsp3) is 0.391. The predicted molar refractivity (Wildman–Crippen MR) is 109 cm³/mol. The SMILES string of the molecule is CCCC#Cc1ccc2c(c1)[C@H]1[C@H](CCN1C(=O)c1ccncc1)[C@H](CO)N2. The molecule has 1 fully saturated rings. The van der Waals surface area contributed by atoms with Crippen molar-refractivity contribution in [1.29, 1.82) is 0 Å². The van der Waals surface area contributed by atoms with E-state index >= 15 is 0 Å². The van der Waals surface area contributed by atoms with Crippen LogP contribution in [-0.2, 0) is 0 Å². The zero-order chi connectivity index (χ0) is 19.5. The van der Waals surface area contributed by atoms with Crippen molar-refractivity contribution in [3.8, 4) is 11.8 Å². The second kappa shape index (κ2) is 8.04. The second-order valence-corrected chi connectivity index (χ2v) is 7.42. The molecule has 4 rings (SSSR count). The number of pyridine rings is 1. The summed E-state index contributed by atoms with van der Waals surface area (Å²) in [5.74, 6) is 6.64. The van der Waals surface area contributed by atoms with Crippen LogP contribution in [0.5, 0.6) is 0 Å². The Labute approximate surface area is 165 Å². The van der Waals surface area contributed by atoms with Gasteiger partial charge in [-0.15, -0.1) is 0 Å². The third-order valence-corrected chi connectivity index (χ3v) is 5.67. The monoisotopic (exact) mass is 375 g/mol. The number of rotatable bonds is 3. The van der Waals surface area contributed by atoms with Crippen LogP contribution in [0.15, 0.2) is 42.7 Å². The third kappa shape index (κ3) is 3.36. The Bertz CT molecular complexity index is 916. The van der Waals surface area contributed by atoms with Gasteiger partial charge in [0, 0.05) is 48.1 Å². The van der Waals surface area contributed by atoms with Crippen LogP contribution in [0.25, 0.3) is 0 Å². The average Bonchev–Trinajstić information content (AvgIpc) is 3.19. The molecule has 2 aromatic rings. The molecule has 0 aliphatic carbocycles. The molecule has 3 atom stereocenters. The first-order chi connectivity index (χ1) is 13.7. The number of benzene rings is 1. The van der Waals surface area contributed by atoms with E-state index in [0.717, 1.165) is 36.1 Å². The number of carbonyl (C=O) groups is 1. The lowest BCUT2D eigenvalue weighted by molar-refractivity contribution is 0.0701. The van der Waals surface area contributed by atoms with Gasteiger partial charge in [-0.2, -0.15) is 0 Å². The molecule has 0 unspecified atom stereocenters. The molecule has 28 heavy (non-hydrogen) atoms. The van der Waals surface area contributed by atoms with Crippen LogP contribution < -0.4 is 5.32 Å². The van der Waals surface area contributed by atoms with Gasteiger partial charge in [0.1, 0.15) is 0 Å². The Morgan fingerprint density at radius 2 is 2.14 bits per heavy atom. The van der Waals surface area contributed by atoms with Gasteiger partial charge in [0.15, 0.2) is 0 Å². The summed E-state index contributed by atoms with van der Waals surface area (Å²) in [4.78, 5) is 19.2. The highest BCUT2D eigenvalue weighted by atomic mass is 16.3. The van der Waals surface area contributed by atoms with Crippen molar-refractivity contribution >= 4 is 11.6 Å². The molecule has 5 heteroatoms. The lowest BCUT2D eigenvalue weighted by Crippen LogP contribution is -2.42. The standard InChI is InChI=1S/C23H25N3O2/c1-2-3-4-5-16-6-7-20-19(14-16)22-18(21(15-27)25-20)10-13-26(22)23(28)17-8-11-24-12-9-17/h6-9,11-12,14,18,21-22,25,27H,2-3,10,13,15H2,1H3/t18-,21+,22-/m1/s1. The minimum absolute atomic E-state index is 0.0157. The normalized spacial score (nSPS) is 22.5. The van der Waals surface area contributed by atoms with Gasteiger partial charge < -0.3 is 15.3 Å². The van der Waals surface area contributed by atoms with Gasteiger partial charge in [-0.3, -0.25) is 9.78 Å². The zero-order valence-corrected chi connectivity index (χ0v) is 16.1. The third-order valence-electron chi connectivity index (χ3n) is 5.67. The Morgan fingerprint density at radius 3 is 2.89 bits per heavy atom. The van der Waals surface area contributed by atoms with Crippen LogP contribution in [-0.4, -0.2) is 40.1 Å². The highest BCUT2D eigenvalue weighted by molar-refractivity contribution is 5.94. The number of amides is 1. The lowest BCUT2D eigenvalue weighted by atomic mass is 9.82. The predicted octanol–water partition coefficient (Wildman–Crippen LogP) is 3.22. The first-order valence-corrected chi connectivity index (χ1v) is 9.94. The lowest BCUT2D eigenvalue weighted by Gasteiger charge is -2.39. The molecule has 0 saturated carbocycles. The quantitative estimate of drug-likeness (QED) is 0.809. The van der Waals surface area contributed by atoms with Gasteiger partial charge in [0.05, 0.1) is 18.7 Å². The van der Waals surface area contributed by atoms with E-state index in [2.05, 4.69) is 35.1 Å². The van der Waals surface area contributed by atoms with Crippen LogP contribution in [0.4, 0.5) is 5.69 Å². The average molecular weight is 375 g/mol. The molecule has 0 radical (unpaired) electrons. The number of aromatic nitrogens is 1. The summed E-state index contributed by atoms with van der Waals surface area (Å²) in [5, 5.41) is 13.4. The molecule has 144 valence electrons. The number of carbonyl (C=O) groups excluding carboxylic acids is 1. The van der Waals surface area contributed by atoms with Gasteiger partial charge in [-0.05, 0) is 48.7 Å². The molecule has 0 spiro atoms. The minimum Gasteiger partial charge on any atom is -0.394 e. The van der Waals surface area contributed by atoms with Crippen LogP contribution >= 0.6 is 0 Å². The number of fused-ring (bicyclic) bond motifs is 3. The summed E-state index contributed by atoms with van der Waals surface area (Å²) in [6.07, 6.45) is 6.08. The fourth-order valence-corrected chi connectivity index (χ4v) is 4.32. The van der Waals surface area contributed by atoms with E-state index < -0.39 is 0 Å². The van der Waals surface area contributed by atoms with Gasteiger partial charge in [-0.25, -0.2) is 0 Å². The molecule has 1 amide bonds. The zero-order valence-electron chi connectivity index (χ0n) is 16.1. The number of nitrogens with one attached hydrogen (secondary N) is 1. The number of anilines is 1. The van der Waals surface area contributed by atoms with E-state index in [1.807, 2.05) is 17.0 Å². The highest BCUT2D eigenvalue weighted by Crippen LogP contribution is 2.47. The molecule has 1 aromatic heterocycles. The Kier molecular flexibility index (Phi) is 5.31. The van der Waals surface area contributed by atoms with Crippen LogP contribution in [0, 0.1) is 17.8 Å². The summed E-state index contributed by atoms with van der Waals surface area (Å²) in [6.45, 7) is 2.85. The van der Waals surface area contributed by atoms with Crippen molar-refractivity contribution in [2.75, 3.05) is 18.5 Å². The van der Waals surface area contributed by atoms with Crippen LogP contribution in [0.1, 0.15) is 53.7 Å². The molecule has 1 aromatic carbocycles. The molecule has 1 saturated heterocycles. The number of aliphatic hydroxyl groups is 1. The molecular weight excluding hydrogens is 350 g/mol. The summed E-state index contributed by atoms with van der Waals surface area (Å²) in [7, 11) is 0. The van der Waals surface area contributed by atoms with Crippen molar-refractivity contribution < 1.29 is 9.90 Å². The number of likely N-dealkylation sites (tertiary alicyclic amines) is 1. The van der Waals surface area contributed by atoms with E-state index in [4.69, 9.17) is 0 Å². The first kappa shape index (κ1) is 18.5. The summed E-state index contributed by atoms with van der Waals surface area (Å²) < 4.78 is 0. The summed E-state index contributed by atoms with van der Waals surface area (Å²) in [6, 6.07) is 9.55. The fourth-order valence-electron chi connectivity index (χ4n) is 4.32. The van der Waals surface area contributed by atoms with E-state index in [0.29, 0.717) is 12.1 Å². The molecular formula is C23H25N3O2. The molecule has 2 aliphatic heterocycles. The largest absolute Gasteiger partial charge is 0.394 e. The van der Waals surface area contributed by atoms with E-state index in [9.17, 15) is 9.90 Å². The summed E-state index contributed by atoms with van der Waals surface area (Å²) >= 11 is 0. The smallest absolute Gasteiger partial charge is 0.254 e. The topological polar surface area (TPSA) is 65.5 Å². The second-order valence-electron chi connectivity index (χ2n) is 7.42. The number of hydrogen-bond donors (Lipinski definition) is 2. The maximum absolute atomic E-state index is 13.2. The first-order valence-electron chi connectivity index (χ1n) is 9.94. The maximum atomic E-state index is 13.2. The number of aliphatic hydroxyl groups excluding tert-OH is 1. The highest BCUT2D eigenvalue weighted by Gasteiger charge is 2.45. The van der Waals surface area contributed by atoms with E-state index in [1.165, 1.54) is 0 Å². The van der Waals surface area contributed by atoms with Crippen LogP contribution in [0.3, 0.4) is 0 Å².